The van der Waals surface area contributed by atoms with Crippen LogP contribution >= 0.6 is 12.4 Å². The van der Waals surface area contributed by atoms with Crippen molar-refractivity contribution >= 4 is 18.3 Å². The number of rotatable bonds is 7. The van der Waals surface area contributed by atoms with E-state index < -0.39 is 0 Å². The number of carbonyl (C=O) groups excluding carboxylic acids is 1. The Kier molecular flexibility index (Phi) is 7.85. The molecule has 0 radical (unpaired) electrons. The third-order valence-electron chi connectivity index (χ3n) is 4.14. The van der Waals surface area contributed by atoms with Crippen LogP contribution < -0.4 is 10.6 Å². The van der Waals surface area contributed by atoms with Gasteiger partial charge in [-0.05, 0) is 51.9 Å². The molecule has 0 spiro atoms. The fourth-order valence-electron chi connectivity index (χ4n) is 3.30. The first-order valence-electron chi connectivity index (χ1n) is 7.78. The molecule has 2 fully saturated rings. The van der Waals surface area contributed by atoms with E-state index in [9.17, 15) is 4.79 Å². The quantitative estimate of drug-likeness (QED) is 0.709. The molecule has 2 aliphatic heterocycles. The highest BCUT2D eigenvalue weighted by Crippen LogP contribution is 2.32. The Labute approximate surface area is 128 Å². The summed E-state index contributed by atoms with van der Waals surface area (Å²) < 4.78 is 5.45. The average molecular weight is 305 g/mol. The molecule has 5 heteroatoms. The van der Waals surface area contributed by atoms with Crippen LogP contribution in [-0.2, 0) is 9.53 Å². The van der Waals surface area contributed by atoms with Crippen LogP contribution in [-0.4, -0.2) is 37.2 Å². The summed E-state index contributed by atoms with van der Waals surface area (Å²) in [7, 11) is 0. The largest absolute Gasteiger partial charge is 0.379 e. The van der Waals surface area contributed by atoms with Gasteiger partial charge in [0.25, 0.3) is 0 Å². The predicted molar refractivity (Wildman–Crippen MR) is 83.2 cm³/mol. The van der Waals surface area contributed by atoms with Gasteiger partial charge in [0.2, 0.25) is 5.91 Å². The SMILES string of the molecule is CC(C)OCCCNC(=O)CC1CC2CCC(C1)N2.Cl. The zero-order valence-corrected chi connectivity index (χ0v) is 13.5. The molecule has 1 amide bonds. The predicted octanol–water partition coefficient (Wildman–Crippen LogP) is 2.26. The fraction of sp³-hybridized carbons (Fsp3) is 0.933. The summed E-state index contributed by atoms with van der Waals surface area (Å²) in [6.07, 6.45) is 6.85. The molecule has 20 heavy (non-hydrogen) atoms. The average Bonchev–Trinajstić information content (AvgIpc) is 2.68. The van der Waals surface area contributed by atoms with Gasteiger partial charge in [-0.15, -0.1) is 12.4 Å². The Morgan fingerprint density at radius 1 is 1.30 bits per heavy atom. The summed E-state index contributed by atoms with van der Waals surface area (Å²) in [6, 6.07) is 1.35. The highest BCUT2D eigenvalue weighted by Gasteiger charge is 2.33. The lowest BCUT2D eigenvalue weighted by molar-refractivity contribution is -0.122. The van der Waals surface area contributed by atoms with E-state index in [0.29, 0.717) is 24.4 Å². The second-order valence-corrected chi connectivity index (χ2v) is 6.30. The second-order valence-electron chi connectivity index (χ2n) is 6.30. The van der Waals surface area contributed by atoms with Gasteiger partial charge < -0.3 is 15.4 Å². The minimum absolute atomic E-state index is 0. The molecule has 2 unspecified atom stereocenters. The maximum absolute atomic E-state index is 11.9. The highest BCUT2D eigenvalue weighted by molar-refractivity contribution is 5.85. The molecule has 2 bridgehead atoms. The van der Waals surface area contributed by atoms with Gasteiger partial charge in [0, 0.05) is 31.7 Å². The van der Waals surface area contributed by atoms with Crippen LogP contribution in [0.25, 0.3) is 0 Å². The van der Waals surface area contributed by atoms with Crippen molar-refractivity contribution in [1.82, 2.24) is 10.6 Å². The smallest absolute Gasteiger partial charge is 0.220 e. The summed E-state index contributed by atoms with van der Waals surface area (Å²) in [6.45, 7) is 5.53. The van der Waals surface area contributed by atoms with Crippen LogP contribution in [0, 0.1) is 5.92 Å². The van der Waals surface area contributed by atoms with Crippen molar-refractivity contribution in [2.75, 3.05) is 13.2 Å². The van der Waals surface area contributed by atoms with E-state index >= 15 is 0 Å². The van der Waals surface area contributed by atoms with Gasteiger partial charge in [0.1, 0.15) is 0 Å². The first-order chi connectivity index (χ1) is 9.13. The monoisotopic (exact) mass is 304 g/mol. The number of ether oxygens (including phenoxy) is 1. The van der Waals surface area contributed by atoms with Crippen molar-refractivity contribution in [1.29, 1.82) is 0 Å². The van der Waals surface area contributed by atoms with Crippen molar-refractivity contribution in [2.24, 2.45) is 5.92 Å². The molecular weight excluding hydrogens is 276 g/mol. The molecule has 0 saturated carbocycles. The van der Waals surface area contributed by atoms with E-state index in [2.05, 4.69) is 10.6 Å². The number of halogens is 1. The number of nitrogens with one attached hydrogen (secondary N) is 2. The normalized spacial score (nSPS) is 28.2. The van der Waals surface area contributed by atoms with E-state index in [1.54, 1.807) is 0 Å². The van der Waals surface area contributed by atoms with Crippen molar-refractivity contribution in [3.8, 4) is 0 Å². The molecular formula is C15H29ClN2O2. The minimum atomic E-state index is 0. The van der Waals surface area contributed by atoms with Crippen molar-refractivity contribution in [3.63, 3.8) is 0 Å². The van der Waals surface area contributed by atoms with Gasteiger partial charge in [-0.2, -0.15) is 0 Å². The van der Waals surface area contributed by atoms with Gasteiger partial charge in [0.15, 0.2) is 0 Å². The molecule has 0 aromatic heterocycles. The second kappa shape index (κ2) is 8.85. The van der Waals surface area contributed by atoms with Crippen molar-refractivity contribution in [3.05, 3.63) is 0 Å². The van der Waals surface area contributed by atoms with E-state index in [0.717, 1.165) is 19.6 Å². The molecule has 2 rings (SSSR count). The zero-order chi connectivity index (χ0) is 13.7. The number of hydrogen-bond donors (Lipinski definition) is 2. The van der Waals surface area contributed by atoms with Crippen LogP contribution in [0.1, 0.15) is 52.4 Å². The first-order valence-corrected chi connectivity index (χ1v) is 7.78. The molecule has 0 aromatic rings. The molecule has 2 aliphatic rings. The van der Waals surface area contributed by atoms with Crippen LogP contribution in [0.15, 0.2) is 0 Å². The Hall–Kier alpha value is -0.320. The lowest BCUT2D eigenvalue weighted by atomic mass is 9.89. The zero-order valence-electron chi connectivity index (χ0n) is 12.7. The number of amides is 1. The minimum Gasteiger partial charge on any atom is -0.379 e. The van der Waals surface area contributed by atoms with E-state index in [1.807, 2.05) is 13.8 Å². The van der Waals surface area contributed by atoms with Gasteiger partial charge >= 0.3 is 0 Å². The van der Waals surface area contributed by atoms with Crippen LogP contribution in [0.4, 0.5) is 0 Å². The summed E-state index contributed by atoms with van der Waals surface area (Å²) in [4.78, 5) is 11.9. The molecule has 2 atom stereocenters. The molecule has 118 valence electrons. The third-order valence-corrected chi connectivity index (χ3v) is 4.14. The third kappa shape index (κ3) is 5.98. The summed E-state index contributed by atoms with van der Waals surface area (Å²) in [5.41, 5.74) is 0. The summed E-state index contributed by atoms with van der Waals surface area (Å²) in [5, 5.41) is 6.63. The molecule has 4 nitrogen and oxygen atoms in total. The summed E-state index contributed by atoms with van der Waals surface area (Å²) >= 11 is 0. The van der Waals surface area contributed by atoms with E-state index in [4.69, 9.17) is 4.74 Å². The maximum atomic E-state index is 11.9. The number of piperidine rings is 1. The highest BCUT2D eigenvalue weighted by atomic mass is 35.5. The molecule has 2 N–H and O–H groups in total. The number of fused-ring (bicyclic) bond motifs is 2. The Morgan fingerprint density at radius 2 is 1.95 bits per heavy atom. The van der Waals surface area contributed by atoms with Gasteiger partial charge in [-0.25, -0.2) is 0 Å². The standard InChI is InChI=1S/C15H28N2O2.ClH/c1-11(2)19-7-3-6-16-15(18)10-12-8-13-4-5-14(9-12)17-13;/h11-14,17H,3-10H2,1-2H3,(H,16,18);1H. The number of carbonyl (C=O) groups is 1. The first kappa shape index (κ1) is 17.7. The number of hydrogen-bond acceptors (Lipinski definition) is 3. The lowest BCUT2D eigenvalue weighted by Crippen LogP contribution is -2.39. The van der Waals surface area contributed by atoms with Gasteiger partial charge in [-0.1, -0.05) is 0 Å². The molecule has 0 aromatic carbocycles. The van der Waals surface area contributed by atoms with E-state index in [-0.39, 0.29) is 24.4 Å². The lowest BCUT2D eigenvalue weighted by Gasteiger charge is -2.28. The van der Waals surface area contributed by atoms with Crippen molar-refractivity contribution in [2.45, 2.75) is 70.6 Å². The molecule has 2 saturated heterocycles. The molecule has 2 heterocycles. The maximum Gasteiger partial charge on any atom is 0.220 e. The van der Waals surface area contributed by atoms with Gasteiger partial charge in [0.05, 0.1) is 6.10 Å². The Balaban J connectivity index is 0.00000200. The Bertz CT molecular complexity index is 288. The summed E-state index contributed by atoms with van der Waals surface area (Å²) in [5.74, 6) is 0.807. The molecule has 0 aliphatic carbocycles. The fourth-order valence-corrected chi connectivity index (χ4v) is 3.30. The van der Waals surface area contributed by atoms with Crippen LogP contribution in [0.2, 0.25) is 0 Å². The van der Waals surface area contributed by atoms with Gasteiger partial charge in [-0.3, -0.25) is 4.79 Å². The van der Waals surface area contributed by atoms with Crippen molar-refractivity contribution < 1.29 is 9.53 Å². The van der Waals surface area contributed by atoms with E-state index in [1.165, 1.54) is 25.7 Å². The topological polar surface area (TPSA) is 50.4 Å². The van der Waals surface area contributed by atoms with Crippen LogP contribution in [0.3, 0.4) is 0 Å². The Morgan fingerprint density at radius 3 is 2.55 bits per heavy atom. The van der Waals surface area contributed by atoms with Crippen LogP contribution in [0.5, 0.6) is 0 Å².